The highest BCUT2D eigenvalue weighted by atomic mass is 16.5. The summed E-state index contributed by atoms with van der Waals surface area (Å²) in [5, 5.41) is 12.7. The summed E-state index contributed by atoms with van der Waals surface area (Å²) < 4.78 is 15.7. The van der Waals surface area contributed by atoms with Crippen LogP contribution in [0.4, 0.5) is 0 Å². The number of aromatic nitrogens is 6. The van der Waals surface area contributed by atoms with Gasteiger partial charge in [0.05, 0.1) is 17.7 Å². The number of hydrogen-bond donors (Lipinski definition) is 0. The van der Waals surface area contributed by atoms with Crippen molar-refractivity contribution >= 4 is 0 Å². The highest BCUT2D eigenvalue weighted by Gasteiger charge is 2.35. The summed E-state index contributed by atoms with van der Waals surface area (Å²) in [6.45, 7) is 3.56. The second-order valence-electron chi connectivity index (χ2n) is 5.97. The number of nitrogens with zero attached hydrogens (tertiary/aromatic N) is 6. The average Bonchev–Trinajstić information content (AvgIpc) is 3.34. The summed E-state index contributed by atoms with van der Waals surface area (Å²) in [5.74, 6) is 2.00. The SMILES string of the molecule is CCn1cc(-c2nnc([C@@H]3CCCO[C@H]3c3nccn3C)o2)cn1. The Labute approximate surface area is 139 Å². The second kappa shape index (κ2) is 6.20. The minimum Gasteiger partial charge on any atom is -0.420 e. The van der Waals surface area contributed by atoms with E-state index in [-0.39, 0.29) is 12.0 Å². The zero-order valence-electron chi connectivity index (χ0n) is 13.8. The van der Waals surface area contributed by atoms with E-state index in [0.29, 0.717) is 11.8 Å². The molecule has 0 radical (unpaired) electrons. The van der Waals surface area contributed by atoms with Gasteiger partial charge in [0, 0.05) is 38.8 Å². The lowest BCUT2D eigenvalue weighted by Gasteiger charge is -2.28. The maximum absolute atomic E-state index is 5.98. The third kappa shape index (κ3) is 2.62. The van der Waals surface area contributed by atoms with Gasteiger partial charge in [0.25, 0.3) is 5.89 Å². The summed E-state index contributed by atoms with van der Waals surface area (Å²) in [6.07, 6.45) is 9.10. The number of ether oxygens (including phenoxy) is 1. The van der Waals surface area contributed by atoms with E-state index in [9.17, 15) is 0 Å². The van der Waals surface area contributed by atoms with Gasteiger partial charge in [-0.25, -0.2) is 4.98 Å². The quantitative estimate of drug-likeness (QED) is 0.731. The third-order valence-corrected chi connectivity index (χ3v) is 4.40. The number of imidazole rings is 1. The van der Waals surface area contributed by atoms with Gasteiger partial charge in [0.1, 0.15) is 11.9 Å². The molecule has 0 unspecified atom stereocenters. The molecular weight excluding hydrogens is 308 g/mol. The fourth-order valence-corrected chi connectivity index (χ4v) is 3.09. The number of aryl methyl sites for hydroxylation is 2. The monoisotopic (exact) mass is 328 g/mol. The van der Waals surface area contributed by atoms with Crippen LogP contribution in [0.3, 0.4) is 0 Å². The van der Waals surface area contributed by atoms with Gasteiger partial charge in [-0.1, -0.05) is 0 Å². The van der Waals surface area contributed by atoms with Crippen molar-refractivity contribution in [2.45, 2.75) is 38.3 Å². The van der Waals surface area contributed by atoms with Crippen LogP contribution in [0.15, 0.2) is 29.2 Å². The Morgan fingerprint density at radius 1 is 1.33 bits per heavy atom. The maximum atomic E-state index is 5.98. The Bertz CT molecular complexity index is 820. The summed E-state index contributed by atoms with van der Waals surface area (Å²) in [4.78, 5) is 4.43. The van der Waals surface area contributed by atoms with Crippen LogP contribution in [0, 0.1) is 0 Å². The molecule has 8 heteroatoms. The van der Waals surface area contributed by atoms with Gasteiger partial charge in [-0.3, -0.25) is 4.68 Å². The Hall–Kier alpha value is -2.48. The van der Waals surface area contributed by atoms with E-state index in [1.807, 2.05) is 35.6 Å². The molecule has 24 heavy (non-hydrogen) atoms. The summed E-state index contributed by atoms with van der Waals surface area (Å²) in [5.41, 5.74) is 0.834. The molecule has 3 aromatic heterocycles. The van der Waals surface area contributed by atoms with Crippen LogP contribution in [0.25, 0.3) is 11.5 Å². The molecule has 1 saturated heterocycles. The van der Waals surface area contributed by atoms with E-state index in [1.54, 1.807) is 12.4 Å². The van der Waals surface area contributed by atoms with Crippen molar-refractivity contribution in [1.29, 1.82) is 0 Å². The average molecular weight is 328 g/mol. The summed E-state index contributed by atoms with van der Waals surface area (Å²) in [6, 6.07) is 0. The van der Waals surface area contributed by atoms with Crippen LogP contribution in [0.5, 0.6) is 0 Å². The first-order chi connectivity index (χ1) is 11.8. The van der Waals surface area contributed by atoms with Gasteiger partial charge in [-0.2, -0.15) is 5.10 Å². The lowest BCUT2D eigenvalue weighted by atomic mass is 9.93. The largest absolute Gasteiger partial charge is 0.420 e. The minimum atomic E-state index is -0.162. The molecule has 1 aliphatic heterocycles. The normalized spacial score (nSPS) is 21.2. The molecule has 0 aliphatic carbocycles. The van der Waals surface area contributed by atoms with Crippen LogP contribution >= 0.6 is 0 Å². The fraction of sp³-hybridized carbons (Fsp3) is 0.500. The van der Waals surface area contributed by atoms with E-state index in [4.69, 9.17) is 9.15 Å². The molecule has 0 amide bonds. The fourth-order valence-electron chi connectivity index (χ4n) is 3.09. The second-order valence-corrected chi connectivity index (χ2v) is 5.97. The predicted molar refractivity (Wildman–Crippen MR) is 85.1 cm³/mol. The standard InChI is InChI=1S/C16H20N6O2/c1-3-22-10-11(9-18-22)15-19-20-16(24-15)12-5-4-8-23-13(12)14-17-6-7-21(14)2/h6-7,9-10,12-13H,3-5,8H2,1-2H3/t12-,13-/m1/s1. The van der Waals surface area contributed by atoms with Crippen LogP contribution in [0.1, 0.15) is 43.5 Å². The van der Waals surface area contributed by atoms with Gasteiger partial charge in [0.2, 0.25) is 5.89 Å². The molecule has 0 N–H and O–H groups in total. The van der Waals surface area contributed by atoms with Gasteiger partial charge >= 0.3 is 0 Å². The first-order valence-electron chi connectivity index (χ1n) is 8.21. The number of hydrogen-bond acceptors (Lipinski definition) is 6. The third-order valence-electron chi connectivity index (χ3n) is 4.40. The minimum absolute atomic E-state index is 0.0160. The molecular formula is C16H20N6O2. The Kier molecular flexibility index (Phi) is 3.89. The highest BCUT2D eigenvalue weighted by molar-refractivity contribution is 5.49. The van der Waals surface area contributed by atoms with Crippen molar-refractivity contribution in [3.63, 3.8) is 0 Å². The lowest BCUT2D eigenvalue weighted by molar-refractivity contribution is -0.0156. The zero-order chi connectivity index (χ0) is 16.5. The van der Waals surface area contributed by atoms with Crippen molar-refractivity contribution in [2.24, 2.45) is 7.05 Å². The van der Waals surface area contributed by atoms with Gasteiger partial charge in [-0.05, 0) is 19.8 Å². The molecule has 2 atom stereocenters. The zero-order valence-corrected chi connectivity index (χ0v) is 13.8. The molecule has 3 aromatic rings. The van der Waals surface area contributed by atoms with Crippen LogP contribution in [-0.4, -0.2) is 36.1 Å². The predicted octanol–water partition coefficient (Wildman–Crippen LogP) is 2.32. The molecule has 8 nitrogen and oxygen atoms in total. The van der Waals surface area contributed by atoms with Crippen LogP contribution in [0.2, 0.25) is 0 Å². The van der Waals surface area contributed by atoms with Gasteiger partial charge < -0.3 is 13.7 Å². The van der Waals surface area contributed by atoms with Crippen molar-refractivity contribution in [2.75, 3.05) is 6.61 Å². The topological polar surface area (TPSA) is 83.8 Å². The van der Waals surface area contributed by atoms with Crippen molar-refractivity contribution < 1.29 is 9.15 Å². The van der Waals surface area contributed by atoms with Crippen molar-refractivity contribution in [3.8, 4) is 11.5 Å². The van der Waals surface area contributed by atoms with E-state index in [0.717, 1.165) is 37.4 Å². The Morgan fingerprint density at radius 2 is 2.25 bits per heavy atom. The van der Waals surface area contributed by atoms with Crippen LogP contribution in [-0.2, 0) is 18.3 Å². The van der Waals surface area contributed by atoms with E-state index in [2.05, 4.69) is 20.3 Å². The molecule has 0 saturated carbocycles. The van der Waals surface area contributed by atoms with Crippen molar-refractivity contribution in [1.82, 2.24) is 29.5 Å². The van der Waals surface area contributed by atoms with E-state index >= 15 is 0 Å². The van der Waals surface area contributed by atoms with E-state index < -0.39 is 0 Å². The molecule has 0 bridgehead atoms. The number of rotatable bonds is 4. The molecule has 1 fully saturated rings. The first kappa shape index (κ1) is 15.1. The lowest BCUT2D eigenvalue weighted by Crippen LogP contribution is -2.23. The molecule has 126 valence electrons. The summed E-state index contributed by atoms with van der Waals surface area (Å²) >= 11 is 0. The van der Waals surface area contributed by atoms with Gasteiger partial charge in [0.15, 0.2) is 0 Å². The van der Waals surface area contributed by atoms with E-state index in [1.165, 1.54) is 0 Å². The smallest absolute Gasteiger partial charge is 0.250 e. The van der Waals surface area contributed by atoms with Crippen LogP contribution < -0.4 is 0 Å². The molecule has 4 heterocycles. The molecule has 0 spiro atoms. The molecule has 1 aliphatic rings. The Balaban J connectivity index is 1.63. The highest BCUT2D eigenvalue weighted by Crippen LogP contribution is 2.40. The van der Waals surface area contributed by atoms with Gasteiger partial charge in [-0.15, -0.1) is 10.2 Å². The molecule has 4 rings (SSSR count). The summed E-state index contributed by atoms with van der Waals surface area (Å²) in [7, 11) is 1.97. The Morgan fingerprint density at radius 3 is 3.00 bits per heavy atom. The maximum Gasteiger partial charge on any atom is 0.250 e. The molecule has 0 aromatic carbocycles. The first-order valence-corrected chi connectivity index (χ1v) is 8.21. The van der Waals surface area contributed by atoms with Crippen molar-refractivity contribution in [3.05, 3.63) is 36.5 Å².